The number of rotatable bonds is 3. The van der Waals surface area contributed by atoms with Gasteiger partial charge in [0.05, 0.1) is 17.7 Å². The number of methoxy groups -OCH3 is 1. The lowest BCUT2D eigenvalue weighted by Gasteiger charge is -2.06. The van der Waals surface area contributed by atoms with Crippen molar-refractivity contribution in [2.75, 3.05) is 12.4 Å². The third-order valence-corrected chi connectivity index (χ3v) is 5.92. The lowest BCUT2D eigenvalue weighted by molar-refractivity contribution is 0.0606. The van der Waals surface area contributed by atoms with E-state index < -0.39 is 5.97 Å². The van der Waals surface area contributed by atoms with Crippen LogP contribution in [0.4, 0.5) is 5.13 Å². The molecule has 2 aromatic rings. The van der Waals surface area contributed by atoms with Crippen molar-refractivity contribution in [3.8, 4) is 0 Å². The van der Waals surface area contributed by atoms with Crippen LogP contribution in [0.15, 0.2) is 12.1 Å². The number of ether oxygens (including phenoxy) is 1. The summed E-state index contributed by atoms with van der Waals surface area (Å²) in [5.74, 6) is -0.655. The summed E-state index contributed by atoms with van der Waals surface area (Å²) in [6.07, 6.45) is 6.92. The molecule has 0 fully saturated rings. The first-order valence-electron chi connectivity index (χ1n) is 7.65. The number of nitrogens with one attached hydrogen (secondary N) is 1. The Bertz CT molecular complexity index is 695. The Morgan fingerprint density at radius 1 is 1.09 bits per heavy atom. The highest BCUT2D eigenvalue weighted by atomic mass is 32.1. The van der Waals surface area contributed by atoms with Gasteiger partial charge in [-0.1, -0.05) is 12.8 Å². The van der Waals surface area contributed by atoms with Gasteiger partial charge in [0.1, 0.15) is 4.88 Å². The molecule has 0 radical (unpaired) electrons. The highest BCUT2D eigenvalue weighted by molar-refractivity contribution is 7.17. The molecule has 0 spiro atoms. The number of thiophene rings is 1. The molecule has 0 bridgehead atoms. The van der Waals surface area contributed by atoms with Gasteiger partial charge in [-0.2, -0.15) is 0 Å². The minimum atomic E-state index is -0.425. The van der Waals surface area contributed by atoms with Crippen molar-refractivity contribution in [3.63, 3.8) is 0 Å². The van der Waals surface area contributed by atoms with Gasteiger partial charge in [-0.05, 0) is 37.8 Å². The molecule has 0 atom stereocenters. The van der Waals surface area contributed by atoms with Crippen LogP contribution < -0.4 is 5.32 Å². The Morgan fingerprint density at radius 3 is 2.61 bits per heavy atom. The Morgan fingerprint density at radius 2 is 1.83 bits per heavy atom. The minimum Gasteiger partial charge on any atom is -0.465 e. The van der Waals surface area contributed by atoms with Crippen LogP contribution in [0.2, 0.25) is 0 Å². The predicted molar refractivity (Wildman–Crippen MR) is 91.6 cm³/mol. The summed E-state index contributed by atoms with van der Waals surface area (Å²) in [4.78, 5) is 30.5. The van der Waals surface area contributed by atoms with E-state index in [1.54, 1.807) is 23.5 Å². The summed E-state index contributed by atoms with van der Waals surface area (Å²) < 4.78 is 4.66. The predicted octanol–water partition coefficient (Wildman–Crippen LogP) is 3.90. The number of carbonyl (C=O) groups excluding carboxylic acids is 2. The first-order valence-corrected chi connectivity index (χ1v) is 9.29. The van der Waals surface area contributed by atoms with E-state index in [0.29, 0.717) is 14.9 Å². The second kappa shape index (κ2) is 7.23. The van der Waals surface area contributed by atoms with Crippen molar-refractivity contribution in [3.05, 3.63) is 32.5 Å². The summed E-state index contributed by atoms with van der Waals surface area (Å²) in [6.45, 7) is 0. The van der Waals surface area contributed by atoms with Crippen molar-refractivity contribution < 1.29 is 14.3 Å². The van der Waals surface area contributed by atoms with Crippen molar-refractivity contribution in [1.82, 2.24) is 4.98 Å². The number of aromatic nitrogens is 1. The van der Waals surface area contributed by atoms with Crippen LogP contribution in [0.1, 0.15) is 55.6 Å². The molecule has 23 heavy (non-hydrogen) atoms. The number of esters is 1. The second-order valence-electron chi connectivity index (χ2n) is 5.41. The third-order valence-electron chi connectivity index (χ3n) is 3.78. The van der Waals surface area contributed by atoms with Crippen LogP contribution in [0, 0.1) is 0 Å². The molecule has 0 saturated carbocycles. The van der Waals surface area contributed by atoms with E-state index in [4.69, 9.17) is 0 Å². The standard InChI is InChI=1S/C16H18N2O3S2/c1-21-15(20)13-9-8-12(22-13)14(19)18-16-17-10-6-4-2-3-5-7-11(10)23-16/h8-9H,2-7H2,1H3,(H,17,18,19). The van der Waals surface area contributed by atoms with E-state index in [2.05, 4.69) is 15.0 Å². The zero-order chi connectivity index (χ0) is 16.2. The Kier molecular flexibility index (Phi) is 5.07. The number of hydrogen-bond acceptors (Lipinski definition) is 6. The average molecular weight is 350 g/mol. The summed E-state index contributed by atoms with van der Waals surface area (Å²) >= 11 is 2.69. The van der Waals surface area contributed by atoms with E-state index >= 15 is 0 Å². The van der Waals surface area contributed by atoms with Crippen molar-refractivity contribution in [2.45, 2.75) is 38.5 Å². The Balaban J connectivity index is 1.71. The van der Waals surface area contributed by atoms with Crippen molar-refractivity contribution in [2.24, 2.45) is 0 Å². The molecule has 2 heterocycles. The Labute approximate surface area is 142 Å². The maximum Gasteiger partial charge on any atom is 0.348 e. The minimum absolute atomic E-state index is 0.230. The number of thiazole rings is 1. The zero-order valence-electron chi connectivity index (χ0n) is 12.9. The lowest BCUT2D eigenvalue weighted by Crippen LogP contribution is -2.10. The number of carbonyl (C=O) groups is 2. The van der Waals surface area contributed by atoms with Crippen molar-refractivity contribution >= 4 is 39.7 Å². The third kappa shape index (κ3) is 3.79. The van der Waals surface area contributed by atoms with Crippen LogP contribution in [0.5, 0.6) is 0 Å². The zero-order valence-corrected chi connectivity index (χ0v) is 14.5. The molecule has 0 aromatic carbocycles. The first-order chi connectivity index (χ1) is 11.2. The quantitative estimate of drug-likeness (QED) is 0.853. The molecule has 2 aromatic heterocycles. The number of fused-ring (bicyclic) bond motifs is 1. The topological polar surface area (TPSA) is 68.3 Å². The van der Waals surface area contributed by atoms with Gasteiger partial charge in [0.25, 0.3) is 5.91 Å². The molecule has 0 aliphatic heterocycles. The van der Waals surface area contributed by atoms with Gasteiger partial charge in [-0.15, -0.1) is 22.7 Å². The van der Waals surface area contributed by atoms with Gasteiger partial charge in [0.2, 0.25) is 0 Å². The van der Waals surface area contributed by atoms with E-state index in [9.17, 15) is 9.59 Å². The Hall–Kier alpha value is -1.73. The molecule has 1 aliphatic rings. The molecule has 0 saturated heterocycles. The highest BCUT2D eigenvalue weighted by Gasteiger charge is 2.18. The van der Waals surface area contributed by atoms with E-state index in [0.717, 1.165) is 36.3 Å². The number of amides is 1. The normalized spacial score (nSPS) is 14.5. The lowest BCUT2D eigenvalue weighted by atomic mass is 10.0. The molecular formula is C16H18N2O3S2. The molecule has 3 rings (SSSR count). The molecular weight excluding hydrogens is 332 g/mol. The smallest absolute Gasteiger partial charge is 0.348 e. The van der Waals surface area contributed by atoms with Crippen LogP contribution >= 0.6 is 22.7 Å². The van der Waals surface area contributed by atoms with Crippen LogP contribution in [-0.4, -0.2) is 24.0 Å². The summed E-state index contributed by atoms with van der Waals surface area (Å²) in [5, 5.41) is 3.50. The number of hydrogen-bond donors (Lipinski definition) is 1. The van der Waals surface area contributed by atoms with Crippen LogP contribution in [0.3, 0.4) is 0 Å². The number of anilines is 1. The summed E-state index contributed by atoms with van der Waals surface area (Å²) in [7, 11) is 1.33. The average Bonchev–Trinajstić information content (AvgIpc) is 3.14. The highest BCUT2D eigenvalue weighted by Crippen LogP contribution is 2.29. The van der Waals surface area contributed by atoms with Gasteiger partial charge in [0.15, 0.2) is 5.13 Å². The summed E-state index contributed by atoms with van der Waals surface area (Å²) in [6, 6.07) is 3.24. The largest absolute Gasteiger partial charge is 0.465 e. The van der Waals surface area contributed by atoms with Crippen molar-refractivity contribution in [1.29, 1.82) is 0 Å². The molecule has 0 unspecified atom stereocenters. The second-order valence-corrected chi connectivity index (χ2v) is 7.58. The monoisotopic (exact) mass is 350 g/mol. The maximum atomic E-state index is 12.3. The molecule has 122 valence electrons. The molecule has 1 N–H and O–H groups in total. The number of nitrogens with zero attached hydrogens (tertiary/aromatic N) is 1. The van der Waals surface area contributed by atoms with Gasteiger partial charge >= 0.3 is 5.97 Å². The fraction of sp³-hybridized carbons (Fsp3) is 0.438. The van der Waals surface area contributed by atoms with Crippen LogP contribution in [0.25, 0.3) is 0 Å². The summed E-state index contributed by atoms with van der Waals surface area (Å²) in [5.41, 5.74) is 1.13. The molecule has 1 amide bonds. The number of aryl methyl sites for hydroxylation is 2. The fourth-order valence-electron chi connectivity index (χ4n) is 2.59. The van der Waals surface area contributed by atoms with E-state index in [-0.39, 0.29) is 5.91 Å². The van der Waals surface area contributed by atoms with Crippen LogP contribution in [-0.2, 0) is 17.6 Å². The molecule has 7 heteroatoms. The van der Waals surface area contributed by atoms with E-state index in [1.165, 1.54) is 31.2 Å². The molecule has 5 nitrogen and oxygen atoms in total. The van der Waals surface area contributed by atoms with Gasteiger partial charge in [0, 0.05) is 4.88 Å². The van der Waals surface area contributed by atoms with Gasteiger partial charge in [-0.3, -0.25) is 10.1 Å². The fourth-order valence-corrected chi connectivity index (χ4v) is 4.45. The van der Waals surface area contributed by atoms with Gasteiger partial charge in [-0.25, -0.2) is 9.78 Å². The molecule has 1 aliphatic carbocycles. The van der Waals surface area contributed by atoms with E-state index in [1.807, 2.05) is 0 Å². The SMILES string of the molecule is COC(=O)c1ccc(C(=O)Nc2nc3c(s2)CCCCCC3)s1. The van der Waals surface area contributed by atoms with Gasteiger partial charge < -0.3 is 4.74 Å². The first kappa shape index (κ1) is 16.1. The maximum absolute atomic E-state index is 12.3.